The number of hydrogen-bond acceptors (Lipinski definition) is 3. The zero-order valence-electron chi connectivity index (χ0n) is 14.1. The lowest BCUT2D eigenvalue weighted by molar-refractivity contribution is -0.402. The summed E-state index contributed by atoms with van der Waals surface area (Å²) in [6, 6.07) is 15.0. The highest BCUT2D eigenvalue weighted by molar-refractivity contribution is 5.78. The molecule has 1 aromatic heterocycles. The molecule has 1 aliphatic rings. The van der Waals surface area contributed by atoms with E-state index in [2.05, 4.69) is 85.1 Å². The van der Waals surface area contributed by atoms with E-state index >= 15 is 0 Å². The maximum absolute atomic E-state index is 4.15. The largest absolute Gasteiger partial charge is 0.284 e. The van der Waals surface area contributed by atoms with Crippen LogP contribution in [0, 0.1) is 6.92 Å². The number of benzene rings is 2. The molecule has 0 saturated heterocycles. The smallest absolute Gasteiger partial charge is 0.257 e. The Morgan fingerprint density at radius 3 is 2.67 bits per heavy atom. The minimum absolute atomic E-state index is 0.536. The monoisotopic (exact) mass is 318 g/mol. The summed E-state index contributed by atoms with van der Waals surface area (Å²) in [4.78, 5) is 0. The molecule has 2 aromatic carbocycles. The highest BCUT2D eigenvalue weighted by Gasteiger charge is 2.27. The Balaban J connectivity index is 1.80. The fourth-order valence-electron chi connectivity index (χ4n) is 2.90. The molecule has 4 rings (SSSR count). The molecule has 0 spiro atoms. The number of rotatable bonds is 2. The maximum Gasteiger partial charge on any atom is 0.284 e. The van der Waals surface area contributed by atoms with Gasteiger partial charge in [-0.15, -0.1) is 15.6 Å². The Morgan fingerprint density at radius 2 is 1.92 bits per heavy atom. The van der Waals surface area contributed by atoms with Crippen molar-refractivity contribution in [3.8, 4) is 5.69 Å². The van der Waals surface area contributed by atoms with Gasteiger partial charge in [-0.1, -0.05) is 36.7 Å². The topological polar surface area (TPSA) is 45.8 Å². The van der Waals surface area contributed by atoms with Gasteiger partial charge in [-0.25, -0.2) is 0 Å². The summed E-state index contributed by atoms with van der Waals surface area (Å²) in [7, 11) is 0. The van der Waals surface area contributed by atoms with Crippen molar-refractivity contribution in [1.82, 2.24) is 14.8 Å². The summed E-state index contributed by atoms with van der Waals surface area (Å²) in [5.41, 5.74) is 9.14. The van der Waals surface area contributed by atoms with Crippen LogP contribution in [-0.4, -0.2) is 25.7 Å². The first-order chi connectivity index (χ1) is 11.6. The third-order valence-electron chi connectivity index (χ3n) is 4.30. The number of aryl methyl sites for hydroxylation is 1. The molecule has 120 valence electrons. The maximum atomic E-state index is 4.15. The van der Waals surface area contributed by atoms with Gasteiger partial charge in [0.15, 0.2) is 0 Å². The number of hydrazone groups is 1. The van der Waals surface area contributed by atoms with E-state index in [1.165, 1.54) is 11.1 Å². The third kappa shape index (κ3) is 2.48. The van der Waals surface area contributed by atoms with Crippen LogP contribution in [-0.2, 0) is 0 Å². The minimum atomic E-state index is 0.536. The van der Waals surface area contributed by atoms with E-state index in [0.29, 0.717) is 11.9 Å². The van der Waals surface area contributed by atoms with Gasteiger partial charge in [-0.05, 0) is 42.2 Å². The highest BCUT2D eigenvalue weighted by Crippen LogP contribution is 2.30. The van der Waals surface area contributed by atoms with Gasteiger partial charge in [0, 0.05) is 11.6 Å². The summed E-state index contributed by atoms with van der Waals surface area (Å²) in [5, 5.41) is 8.15. The fraction of sp³-hybridized carbons (Fsp3) is 0.211. The van der Waals surface area contributed by atoms with Gasteiger partial charge in [-0.2, -0.15) is 0 Å². The van der Waals surface area contributed by atoms with Crippen molar-refractivity contribution in [3.05, 3.63) is 65.5 Å². The first kappa shape index (κ1) is 14.6. The van der Waals surface area contributed by atoms with Crippen molar-refractivity contribution in [3.63, 3.8) is 0 Å². The number of aromatic nitrogens is 3. The molecule has 0 fully saturated rings. The zero-order valence-corrected chi connectivity index (χ0v) is 14.1. The second-order valence-corrected chi connectivity index (χ2v) is 6.45. The number of hydrogen-bond donors (Lipinski definition) is 1. The molecule has 0 atom stereocenters. The van der Waals surface area contributed by atoms with Crippen molar-refractivity contribution >= 4 is 17.9 Å². The predicted molar refractivity (Wildman–Crippen MR) is 95.3 cm³/mol. The van der Waals surface area contributed by atoms with Crippen LogP contribution in [0.25, 0.3) is 5.69 Å². The van der Waals surface area contributed by atoms with E-state index < -0.39 is 0 Å². The summed E-state index contributed by atoms with van der Waals surface area (Å²) in [5.74, 6) is 1.25. The van der Waals surface area contributed by atoms with E-state index in [-0.39, 0.29) is 0 Å². The molecule has 1 aliphatic heterocycles. The van der Waals surface area contributed by atoms with E-state index in [0.717, 1.165) is 16.9 Å². The van der Waals surface area contributed by atoms with Gasteiger partial charge in [0.25, 0.3) is 11.6 Å². The normalized spacial score (nSPS) is 14.4. The second-order valence-electron chi connectivity index (χ2n) is 6.45. The summed E-state index contributed by atoms with van der Waals surface area (Å²) in [6.45, 7) is 6.51. The average molecular weight is 318 g/mol. The first-order valence-electron chi connectivity index (χ1n) is 8.13. The summed E-state index contributed by atoms with van der Waals surface area (Å²) >= 11 is 0. The number of nitrogens with zero attached hydrogens (tertiary/aromatic N) is 4. The molecule has 0 unspecified atom stereocenters. The van der Waals surface area contributed by atoms with Crippen molar-refractivity contribution < 1.29 is 4.68 Å². The van der Waals surface area contributed by atoms with Crippen LogP contribution in [0.5, 0.6) is 0 Å². The molecule has 24 heavy (non-hydrogen) atoms. The molecule has 0 saturated carbocycles. The Bertz CT molecular complexity index is 919. The lowest BCUT2D eigenvalue weighted by atomic mass is 10.0. The lowest BCUT2D eigenvalue weighted by Crippen LogP contribution is -2.24. The van der Waals surface area contributed by atoms with Gasteiger partial charge in [-0.3, -0.25) is 4.57 Å². The van der Waals surface area contributed by atoms with E-state index in [4.69, 9.17) is 0 Å². The van der Waals surface area contributed by atoms with Crippen LogP contribution in [0.1, 0.15) is 36.5 Å². The molecule has 0 bridgehead atoms. The number of nitrogens with one attached hydrogen (secondary N) is 1. The Labute approximate surface area is 141 Å². The Kier molecular flexibility index (Phi) is 3.41. The van der Waals surface area contributed by atoms with Crippen LogP contribution in [0.15, 0.2) is 48.8 Å². The number of anilines is 1. The first-order valence-corrected chi connectivity index (χ1v) is 8.13. The van der Waals surface area contributed by atoms with Crippen molar-refractivity contribution in [2.75, 3.05) is 5.43 Å². The highest BCUT2D eigenvalue weighted by atomic mass is 15.5. The molecule has 0 amide bonds. The molecular weight excluding hydrogens is 298 g/mol. The van der Waals surface area contributed by atoms with Gasteiger partial charge in [0.2, 0.25) is 6.21 Å². The van der Waals surface area contributed by atoms with Crippen LogP contribution in [0.2, 0.25) is 0 Å². The number of hydrazine groups is 1. The van der Waals surface area contributed by atoms with Crippen molar-refractivity contribution in [1.29, 1.82) is 0 Å². The Morgan fingerprint density at radius 1 is 1.12 bits per heavy atom. The predicted octanol–water partition coefficient (Wildman–Crippen LogP) is 3.80. The van der Waals surface area contributed by atoms with Crippen molar-refractivity contribution in [2.45, 2.75) is 26.7 Å². The second kappa shape index (κ2) is 5.60. The standard InChI is InChI=1S/C19H20N5/c1-13(2)16-7-5-15(6-8-16)11-24-18-10-14(3)4-9-17(18)23-12-20-21-19(23)22-24/h4-13H,1-3H3,(H,21,22)/q+1/b24-11-. The summed E-state index contributed by atoms with van der Waals surface area (Å²) < 4.78 is 3.97. The quantitative estimate of drug-likeness (QED) is 0.731. The van der Waals surface area contributed by atoms with E-state index in [1.54, 1.807) is 6.33 Å². The molecule has 0 radical (unpaired) electrons. The number of fused-ring (bicyclic) bond motifs is 3. The van der Waals surface area contributed by atoms with Crippen LogP contribution in [0.4, 0.5) is 11.6 Å². The zero-order chi connectivity index (χ0) is 16.7. The van der Waals surface area contributed by atoms with Crippen molar-refractivity contribution in [2.24, 2.45) is 0 Å². The van der Waals surface area contributed by atoms with Crippen LogP contribution >= 0.6 is 0 Å². The van der Waals surface area contributed by atoms with E-state index in [9.17, 15) is 0 Å². The molecular formula is C19H20N5+. The van der Waals surface area contributed by atoms with Crippen LogP contribution < -0.4 is 5.43 Å². The minimum Gasteiger partial charge on any atom is -0.257 e. The molecule has 5 heteroatoms. The van der Waals surface area contributed by atoms with Crippen LogP contribution in [0.3, 0.4) is 0 Å². The Hall–Kier alpha value is -2.95. The SMILES string of the molecule is Cc1ccc2c(c1)/[N+](=C/c1ccc(C(C)C)cc1)Nc1nncn1-2. The van der Waals surface area contributed by atoms with E-state index in [1.807, 2.05) is 9.25 Å². The molecule has 3 aromatic rings. The lowest BCUT2D eigenvalue weighted by Gasteiger charge is -2.16. The van der Waals surface area contributed by atoms with Gasteiger partial charge >= 0.3 is 0 Å². The van der Waals surface area contributed by atoms with Gasteiger partial charge < -0.3 is 0 Å². The third-order valence-corrected chi connectivity index (χ3v) is 4.30. The van der Waals surface area contributed by atoms with Gasteiger partial charge in [0.05, 0.1) is 0 Å². The molecule has 2 heterocycles. The molecule has 0 aliphatic carbocycles. The molecule has 5 nitrogen and oxygen atoms in total. The summed E-state index contributed by atoms with van der Waals surface area (Å²) in [6.07, 6.45) is 3.81. The fourth-order valence-corrected chi connectivity index (χ4v) is 2.90. The average Bonchev–Trinajstić information content (AvgIpc) is 3.04. The molecule has 1 N–H and O–H groups in total. The van der Waals surface area contributed by atoms with Gasteiger partial charge in [0.1, 0.15) is 12.0 Å².